The van der Waals surface area contributed by atoms with Gasteiger partial charge in [-0.25, -0.2) is 19.0 Å². The van der Waals surface area contributed by atoms with Gasteiger partial charge in [0.05, 0.1) is 23.2 Å². The number of benzene rings is 2. The van der Waals surface area contributed by atoms with Gasteiger partial charge >= 0.3 is 0 Å². The third kappa shape index (κ3) is 4.94. The predicted molar refractivity (Wildman–Crippen MR) is 139 cm³/mol. The van der Waals surface area contributed by atoms with Gasteiger partial charge in [-0.15, -0.1) is 0 Å². The second-order valence-electron chi connectivity index (χ2n) is 9.27. The molecule has 0 N–H and O–H groups in total. The SMILES string of the molecule is CCCc1nc(N2CCCN(C(=O)Cc3ccc(F)cc3)CC2)c2c(C)nn(-c3ccccc3)c2n1. The molecule has 2 aromatic heterocycles. The fraction of sp³-hybridized carbons (Fsp3) is 0.357. The standard InChI is InChI=1S/C28H31FN6O/c1-3-8-24-30-27(26-20(2)32-35(28(26)31-24)23-9-5-4-6-10-23)34-16-7-15-33(17-18-34)25(36)19-21-11-13-22(29)14-12-21/h4-6,9-14H,3,7-8,15-19H2,1-2H3. The molecule has 1 amide bonds. The maximum absolute atomic E-state index is 13.2. The fourth-order valence-corrected chi connectivity index (χ4v) is 4.79. The highest BCUT2D eigenvalue weighted by Crippen LogP contribution is 2.30. The van der Waals surface area contributed by atoms with Gasteiger partial charge in [-0.1, -0.05) is 37.3 Å². The Balaban J connectivity index is 1.43. The van der Waals surface area contributed by atoms with E-state index in [2.05, 4.69) is 11.8 Å². The largest absolute Gasteiger partial charge is 0.354 e. The number of aromatic nitrogens is 4. The van der Waals surface area contributed by atoms with Gasteiger partial charge in [-0.2, -0.15) is 5.10 Å². The average molecular weight is 487 g/mol. The molecule has 0 spiro atoms. The zero-order valence-corrected chi connectivity index (χ0v) is 20.8. The van der Waals surface area contributed by atoms with Gasteiger partial charge in [0.15, 0.2) is 5.65 Å². The minimum atomic E-state index is -0.291. The van der Waals surface area contributed by atoms with E-state index < -0.39 is 0 Å². The van der Waals surface area contributed by atoms with Crippen LogP contribution in [-0.2, 0) is 17.6 Å². The average Bonchev–Trinajstić information content (AvgIpc) is 3.05. The highest BCUT2D eigenvalue weighted by Gasteiger charge is 2.25. The van der Waals surface area contributed by atoms with Gasteiger partial charge in [0.25, 0.3) is 0 Å². The summed E-state index contributed by atoms with van der Waals surface area (Å²) in [6, 6.07) is 16.2. The van der Waals surface area contributed by atoms with Crippen LogP contribution in [0.3, 0.4) is 0 Å². The molecule has 1 fully saturated rings. The lowest BCUT2D eigenvalue weighted by atomic mass is 10.1. The van der Waals surface area contributed by atoms with E-state index in [9.17, 15) is 9.18 Å². The summed E-state index contributed by atoms with van der Waals surface area (Å²) in [5.41, 5.74) is 3.50. The molecule has 4 aromatic rings. The van der Waals surface area contributed by atoms with Crippen molar-refractivity contribution >= 4 is 22.8 Å². The summed E-state index contributed by atoms with van der Waals surface area (Å²) in [5.74, 6) is 1.48. The Morgan fingerprint density at radius 3 is 2.50 bits per heavy atom. The number of anilines is 1. The smallest absolute Gasteiger partial charge is 0.227 e. The molecule has 8 heteroatoms. The van der Waals surface area contributed by atoms with Crippen molar-refractivity contribution in [2.75, 3.05) is 31.1 Å². The summed E-state index contributed by atoms with van der Waals surface area (Å²) >= 11 is 0. The lowest BCUT2D eigenvalue weighted by molar-refractivity contribution is -0.130. The molecule has 0 bridgehead atoms. The van der Waals surface area contributed by atoms with Gasteiger partial charge in [-0.3, -0.25) is 4.79 Å². The van der Waals surface area contributed by atoms with Crippen molar-refractivity contribution in [2.24, 2.45) is 0 Å². The van der Waals surface area contributed by atoms with Crippen molar-refractivity contribution in [3.05, 3.63) is 77.5 Å². The maximum atomic E-state index is 13.2. The number of carbonyl (C=O) groups is 1. The Bertz CT molecular complexity index is 1350. The Morgan fingerprint density at radius 2 is 1.75 bits per heavy atom. The zero-order valence-electron chi connectivity index (χ0n) is 20.8. The van der Waals surface area contributed by atoms with Crippen LogP contribution < -0.4 is 4.90 Å². The molecule has 0 radical (unpaired) electrons. The molecule has 1 aliphatic rings. The topological polar surface area (TPSA) is 67.2 Å². The summed E-state index contributed by atoms with van der Waals surface area (Å²) in [4.78, 5) is 27.1. The van der Waals surface area contributed by atoms with Crippen LogP contribution in [0.2, 0.25) is 0 Å². The minimum Gasteiger partial charge on any atom is -0.354 e. The molecule has 0 unspecified atom stereocenters. The van der Waals surface area contributed by atoms with Crippen molar-refractivity contribution in [2.45, 2.75) is 39.5 Å². The third-order valence-electron chi connectivity index (χ3n) is 6.62. The number of fused-ring (bicyclic) bond motifs is 1. The van der Waals surface area contributed by atoms with E-state index >= 15 is 0 Å². The van der Waals surface area contributed by atoms with Crippen molar-refractivity contribution in [3.8, 4) is 5.69 Å². The number of hydrogen-bond acceptors (Lipinski definition) is 5. The first-order chi connectivity index (χ1) is 17.5. The molecular formula is C28H31FN6O. The Morgan fingerprint density at radius 1 is 0.972 bits per heavy atom. The number of rotatable bonds is 6. The summed E-state index contributed by atoms with van der Waals surface area (Å²) in [7, 11) is 0. The molecule has 36 heavy (non-hydrogen) atoms. The van der Waals surface area contributed by atoms with Crippen LogP contribution in [0, 0.1) is 12.7 Å². The van der Waals surface area contributed by atoms with Gasteiger partial charge in [0.2, 0.25) is 5.91 Å². The van der Waals surface area contributed by atoms with E-state index in [1.165, 1.54) is 12.1 Å². The number of hydrogen-bond donors (Lipinski definition) is 0. The van der Waals surface area contributed by atoms with E-state index in [1.807, 2.05) is 46.8 Å². The molecule has 5 rings (SSSR count). The Labute approximate surface area is 210 Å². The summed E-state index contributed by atoms with van der Waals surface area (Å²) in [5, 5.41) is 5.80. The van der Waals surface area contributed by atoms with Crippen LogP contribution in [-0.4, -0.2) is 56.7 Å². The molecular weight excluding hydrogens is 455 g/mol. The first-order valence-electron chi connectivity index (χ1n) is 12.6. The monoisotopic (exact) mass is 486 g/mol. The van der Waals surface area contributed by atoms with Gasteiger partial charge in [0.1, 0.15) is 17.5 Å². The quantitative estimate of drug-likeness (QED) is 0.402. The van der Waals surface area contributed by atoms with E-state index in [0.717, 1.165) is 65.4 Å². The minimum absolute atomic E-state index is 0.0658. The van der Waals surface area contributed by atoms with Gasteiger partial charge < -0.3 is 9.80 Å². The third-order valence-corrected chi connectivity index (χ3v) is 6.62. The van der Waals surface area contributed by atoms with Crippen molar-refractivity contribution < 1.29 is 9.18 Å². The van der Waals surface area contributed by atoms with Gasteiger partial charge in [-0.05, 0) is 49.6 Å². The second kappa shape index (κ2) is 10.4. The number of halogens is 1. The summed E-state index contributed by atoms with van der Waals surface area (Å²) in [6.07, 6.45) is 2.87. The number of nitrogens with zero attached hydrogens (tertiary/aromatic N) is 6. The Hall–Kier alpha value is -3.81. The molecule has 0 saturated carbocycles. The first-order valence-corrected chi connectivity index (χ1v) is 12.6. The van der Waals surface area contributed by atoms with Crippen LogP contribution in [0.1, 0.15) is 36.8 Å². The molecule has 186 valence electrons. The fourth-order valence-electron chi connectivity index (χ4n) is 4.79. The molecule has 1 saturated heterocycles. The molecule has 0 aliphatic carbocycles. The van der Waals surface area contributed by atoms with Crippen molar-refractivity contribution in [1.29, 1.82) is 0 Å². The normalized spacial score (nSPS) is 14.3. The number of amides is 1. The number of carbonyl (C=O) groups excluding carboxylic acids is 1. The van der Waals surface area contributed by atoms with Crippen LogP contribution in [0.4, 0.5) is 10.2 Å². The highest BCUT2D eigenvalue weighted by atomic mass is 19.1. The molecule has 7 nitrogen and oxygen atoms in total. The van der Waals surface area contributed by atoms with E-state index in [4.69, 9.17) is 15.1 Å². The second-order valence-corrected chi connectivity index (χ2v) is 9.27. The van der Waals surface area contributed by atoms with Crippen LogP contribution in [0.25, 0.3) is 16.7 Å². The molecule has 1 aliphatic heterocycles. The highest BCUT2D eigenvalue weighted by molar-refractivity contribution is 5.91. The summed E-state index contributed by atoms with van der Waals surface area (Å²) in [6.45, 7) is 6.92. The van der Waals surface area contributed by atoms with E-state index in [1.54, 1.807) is 12.1 Å². The van der Waals surface area contributed by atoms with E-state index in [-0.39, 0.29) is 18.1 Å². The lowest BCUT2D eigenvalue weighted by Gasteiger charge is -2.24. The van der Waals surface area contributed by atoms with Crippen molar-refractivity contribution in [1.82, 2.24) is 24.6 Å². The van der Waals surface area contributed by atoms with Crippen LogP contribution >= 0.6 is 0 Å². The molecule has 0 atom stereocenters. The lowest BCUT2D eigenvalue weighted by Crippen LogP contribution is -2.36. The Kier molecular flexibility index (Phi) is 6.93. The molecule has 2 aromatic carbocycles. The van der Waals surface area contributed by atoms with Crippen molar-refractivity contribution in [3.63, 3.8) is 0 Å². The summed E-state index contributed by atoms with van der Waals surface area (Å²) < 4.78 is 15.1. The predicted octanol–water partition coefficient (Wildman–Crippen LogP) is 4.50. The van der Waals surface area contributed by atoms with Gasteiger partial charge in [0, 0.05) is 32.6 Å². The van der Waals surface area contributed by atoms with Crippen LogP contribution in [0.5, 0.6) is 0 Å². The zero-order chi connectivity index (χ0) is 25.1. The first kappa shape index (κ1) is 23.9. The number of para-hydroxylation sites is 1. The maximum Gasteiger partial charge on any atom is 0.227 e. The number of aryl methyl sites for hydroxylation is 2. The van der Waals surface area contributed by atoms with Crippen LogP contribution in [0.15, 0.2) is 54.6 Å². The molecule has 3 heterocycles. The van der Waals surface area contributed by atoms with E-state index in [0.29, 0.717) is 19.6 Å².